The molecule has 1 amide bonds. The molecule has 6 nitrogen and oxygen atoms in total. The Kier molecular flexibility index (Phi) is 3.76. The van der Waals surface area contributed by atoms with Crippen molar-refractivity contribution in [1.82, 2.24) is 20.4 Å². The molecular weight excluding hydrogens is 230 g/mol. The molecule has 1 N–H and O–H groups in total. The molecule has 0 saturated carbocycles. The minimum Gasteiger partial charge on any atom is -0.354 e. The van der Waals surface area contributed by atoms with Crippen molar-refractivity contribution >= 4 is 11.7 Å². The average molecular weight is 249 g/mol. The van der Waals surface area contributed by atoms with Crippen LogP contribution in [0.1, 0.15) is 16.9 Å². The highest BCUT2D eigenvalue weighted by Gasteiger charge is 2.22. The van der Waals surface area contributed by atoms with Crippen molar-refractivity contribution in [3.63, 3.8) is 0 Å². The highest BCUT2D eigenvalue weighted by Crippen LogP contribution is 2.17. The quantitative estimate of drug-likeness (QED) is 0.815. The molecule has 0 radical (unpaired) electrons. The molecule has 1 aliphatic rings. The van der Waals surface area contributed by atoms with Crippen LogP contribution < -0.4 is 10.2 Å². The topological polar surface area (TPSA) is 61.4 Å². The second kappa shape index (κ2) is 5.30. The first-order chi connectivity index (χ1) is 8.61. The summed E-state index contributed by atoms with van der Waals surface area (Å²) >= 11 is 0. The summed E-state index contributed by atoms with van der Waals surface area (Å²) in [4.78, 5) is 15.4. The van der Waals surface area contributed by atoms with E-state index in [1.54, 1.807) is 20.2 Å². The Morgan fingerprint density at radius 3 is 2.72 bits per heavy atom. The third-order valence-corrected chi connectivity index (χ3v) is 3.20. The molecule has 2 heterocycles. The van der Waals surface area contributed by atoms with Gasteiger partial charge in [-0.05, 0) is 25.6 Å². The molecule has 0 spiro atoms. The van der Waals surface area contributed by atoms with E-state index < -0.39 is 0 Å². The van der Waals surface area contributed by atoms with Crippen LogP contribution in [-0.4, -0.2) is 61.3 Å². The van der Waals surface area contributed by atoms with E-state index in [0.717, 1.165) is 25.3 Å². The van der Waals surface area contributed by atoms with Gasteiger partial charge in [-0.25, -0.2) is 0 Å². The molecule has 0 bridgehead atoms. The lowest BCUT2D eigenvalue weighted by molar-refractivity contribution is 0.0821. The Hall–Kier alpha value is -1.69. The summed E-state index contributed by atoms with van der Waals surface area (Å²) in [6, 6.07) is 4.11. The van der Waals surface area contributed by atoms with Gasteiger partial charge >= 0.3 is 0 Å². The smallest absolute Gasteiger partial charge is 0.273 e. The maximum Gasteiger partial charge on any atom is 0.273 e. The van der Waals surface area contributed by atoms with E-state index in [0.29, 0.717) is 11.7 Å². The van der Waals surface area contributed by atoms with Crippen LogP contribution in [0, 0.1) is 0 Å². The van der Waals surface area contributed by atoms with E-state index in [1.807, 2.05) is 13.1 Å². The van der Waals surface area contributed by atoms with Crippen molar-refractivity contribution in [3.05, 3.63) is 17.8 Å². The third kappa shape index (κ3) is 2.59. The van der Waals surface area contributed by atoms with Gasteiger partial charge in [0, 0.05) is 33.2 Å². The monoisotopic (exact) mass is 249 g/mol. The van der Waals surface area contributed by atoms with E-state index >= 15 is 0 Å². The van der Waals surface area contributed by atoms with E-state index in [9.17, 15) is 4.79 Å². The summed E-state index contributed by atoms with van der Waals surface area (Å²) in [7, 11) is 5.38. The van der Waals surface area contributed by atoms with E-state index in [4.69, 9.17) is 0 Å². The summed E-state index contributed by atoms with van der Waals surface area (Å²) in [5.74, 6) is 0.714. The number of nitrogens with one attached hydrogen (secondary N) is 1. The standard InChI is InChI=1S/C12H19N5O/c1-13-9-6-7-17(8-9)11-5-4-10(14-15-11)12(18)16(2)3/h4-5,9,13H,6-8H2,1-3H3. The minimum atomic E-state index is -0.122. The van der Waals surface area contributed by atoms with Gasteiger partial charge < -0.3 is 15.1 Å². The predicted octanol–water partition coefficient (Wildman–Crippen LogP) is -0.0235. The summed E-state index contributed by atoms with van der Waals surface area (Å²) in [5, 5.41) is 11.4. The van der Waals surface area contributed by atoms with E-state index in [2.05, 4.69) is 20.4 Å². The Balaban J connectivity index is 2.06. The second-order valence-corrected chi connectivity index (χ2v) is 4.70. The van der Waals surface area contributed by atoms with Gasteiger partial charge in [-0.15, -0.1) is 10.2 Å². The van der Waals surface area contributed by atoms with Crippen molar-refractivity contribution in [1.29, 1.82) is 0 Å². The zero-order valence-electron chi connectivity index (χ0n) is 11.1. The Labute approximate surface area is 107 Å². The van der Waals surface area contributed by atoms with Gasteiger partial charge in [0.2, 0.25) is 0 Å². The van der Waals surface area contributed by atoms with E-state index in [-0.39, 0.29) is 5.91 Å². The SMILES string of the molecule is CNC1CCN(c2ccc(C(=O)N(C)C)nn2)C1. The van der Waals surface area contributed by atoms with Crippen LogP contribution in [0.5, 0.6) is 0 Å². The number of amides is 1. The molecule has 0 aliphatic carbocycles. The fourth-order valence-electron chi connectivity index (χ4n) is 2.04. The Morgan fingerprint density at radius 2 is 2.22 bits per heavy atom. The number of carbonyl (C=O) groups excluding carboxylic acids is 1. The van der Waals surface area contributed by atoms with Crippen LogP contribution in [-0.2, 0) is 0 Å². The predicted molar refractivity (Wildman–Crippen MR) is 69.7 cm³/mol. The van der Waals surface area contributed by atoms with Crippen molar-refractivity contribution in [2.75, 3.05) is 39.1 Å². The number of hydrogen-bond acceptors (Lipinski definition) is 5. The van der Waals surface area contributed by atoms with Gasteiger partial charge in [-0.3, -0.25) is 4.79 Å². The molecule has 1 aliphatic heterocycles. The van der Waals surface area contributed by atoms with Gasteiger partial charge in [0.15, 0.2) is 11.5 Å². The first-order valence-electron chi connectivity index (χ1n) is 6.09. The molecule has 2 rings (SSSR count). The van der Waals surface area contributed by atoms with Gasteiger partial charge in [0.25, 0.3) is 5.91 Å². The summed E-state index contributed by atoms with van der Waals surface area (Å²) in [5.41, 5.74) is 0.383. The lowest BCUT2D eigenvalue weighted by Crippen LogP contribution is -2.30. The molecule has 0 aromatic carbocycles. The second-order valence-electron chi connectivity index (χ2n) is 4.70. The van der Waals surface area contributed by atoms with Gasteiger partial charge in [0.05, 0.1) is 0 Å². The van der Waals surface area contributed by atoms with Crippen LogP contribution in [0.25, 0.3) is 0 Å². The minimum absolute atomic E-state index is 0.122. The zero-order valence-corrected chi connectivity index (χ0v) is 11.1. The lowest BCUT2D eigenvalue weighted by atomic mass is 10.3. The van der Waals surface area contributed by atoms with E-state index in [1.165, 1.54) is 4.90 Å². The molecular formula is C12H19N5O. The Bertz CT molecular complexity index is 417. The summed E-state index contributed by atoms with van der Waals surface area (Å²) in [6.07, 6.45) is 1.11. The molecule has 6 heteroatoms. The molecule has 98 valence electrons. The van der Waals surface area contributed by atoms with Crippen LogP contribution >= 0.6 is 0 Å². The molecule has 1 saturated heterocycles. The fourth-order valence-corrected chi connectivity index (χ4v) is 2.04. The number of likely N-dealkylation sites (N-methyl/N-ethyl adjacent to an activating group) is 1. The van der Waals surface area contributed by atoms with Crippen LogP contribution in [0.2, 0.25) is 0 Å². The van der Waals surface area contributed by atoms with Crippen molar-refractivity contribution in [2.45, 2.75) is 12.5 Å². The van der Waals surface area contributed by atoms with Crippen LogP contribution in [0.15, 0.2) is 12.1 Å². The number of aromatic nitrogens is 2. The lowest BCUT2D eigenvalue weighted by Gasteiger charge is -2.17. The highest BCUT2D eigenvalue weighted by atomic mass is 16.2. The molecule has 1 aromatic rings. The van der Waals surface area contributed by atoms with Gasteiger partial charge in [-0.2, -0.15) is 0 Å². The molecule has 1 atom stereocenters. The number of rotatable bonds is 3. The first-order valence-corrected chi connectivity index (χ1v) is 6.09. The normalized spacial score (nSPS) is 19.1. The van der Waals surface area contributed by atoms with Crippen molar-refractivity contribution in [3.8, 4) is 0 Å². The molecule has 1 fully saturated rings. The zero-order chi connectivity index (χ0) is 13.1. The maximum absolute atomic E-state index is 11.7. The third-order valence-electron chi connectivity index (χ3n) is 3.20. The first kappa shape index (κ1) is 12.8. The van der Waals surface area contributed by atoms with Crippen molar-refractivity contribution in [2.24, 2.45) is 0 Å². The Morgan fingerprint density at radius 1 is 1.44 bits per heavy atom. The van der Waals surface area contributed by atoms with Crippen molar-refractivity contribution < 1.29 is 4.79 Å². The summed E-state index contributed by atoms with van der Waals surface area (Å²) < 4.78 is 0. The largest absolute Gasteiger partial charge is 0.354 e. The molecule has 1 aromatic heterocycles. The van der Waals surface area contributed by atoms with Gasteiger partial charge in [-0.1, -0.05) is 0 Å². The van der Waals surface area contributed by atoms with Gasteiger partial charge in [0.1, 0.15) is 0 Å². The highest BCUT2D eigenvalue weighted by molar-refractivity contribution is 5.91. The summed E-state index contributed by atoms with van der Waals surface area (Å²) in [6.45, 7) is 1.91. The number of hydrogen-bond donors (Lipinski definition) is 1. The molecule has 1 unspecified atom stereocenters. The molecule has 18 heavy (non-hydrogen) atoms. The number of nitrogens with zero attached hydrogens (tertiary/aromatic N) is 4. The van der Waals surface area contributed by atoms with Crippen LogP contribution in [0.3, 0.4) is 0 Å². The average Bonchev–Trinajstić information content (AvgIpc) is 2.86. The van der Waals surface area contributed by atoms with Crippen LogP contribution in [0.4, 0.5) is 5.82 Å². The maximum atomic E-state index is 11.7. The fraction of sp³-hybridized carbons (Fsp3) is 0.583. The number of anilines is 1. The number of carbonyl (C=O) groups is 1.